The van der Waals surface area contributed by atoms with Crippen LogP contribution in [0.3, 0.4) is 0 Å². The van der Waals surface area contributed by atoms with Crippen LogP contribution in [-0.4, -0.2) is 77.7 Å². The summed E-state index contributed by atoms with van der Waals surface area (Å²) in [7, 11) is 4.60. The van der Waals surface area contributed by atoms with Crippen LogP contribution < -0.4 is 10.6 Å². The summed E-state index contributed by atoms with van der Waals surface area (Å²) in [6.45, 7) is 0.305. The van der Waals surface area contributed by atoms with Gasteiger partial charge in [0, 0.05) is 49.5 Å². The minimum Gasteiger partial charge on any atom is -0.495 e. The van der Waals surface area contributed by atoms with Crippen LogP contribution in [0.5, 0.6) is 0 Å². The maximum Gasteiger partial charge on any atom is 0.269 e. The van der Waals surface area contributed by atoms with E-state index in [1.54, 1.807) is 42.5 Å². The molecule has 13 heteroatoms. The van der Waals surface area contributed by atoms with E-state index in [-0.39, 0.29) is 23.6 Å². The van der Waals surface area contributed by atoms with Crippen molar-refractivity contribution in [2.45, 2.75) is 24.8 Å². The Hall–Kier alpha value is -4.26. The molecule has 2 aliphatic rings. The average Bonchev–Trinajstić information content (AvgIpc) is 3.64. The summed E-state index contributed by atoms with van der Waals surface area (Å²) in [6.07, 6.45) is 6.97. The Kier molecular flexibility index (Phi) is 8.34. The summed E-state index contributed by atoms with van der Waals surface area (Å²) < 4.78 is 32.3. The van der Waals surface area contributed by atoms with Crippen LogP contribution in [0.2, 0.25) is 5.02 Å². The number of benzene rings is 1. The van der Waals surface area contributed by atoms with Gasteiger partial charge in [0.1, 0.15) is 23.6 Å². The molecular weight excluding hydrogens is 555 g/mol. The van der Waals surface area contributed by atoms with Crippen molar-refractivity contribution in [3.05, 3.63) is 89.1 Å². The molecule has 3 unspecified atom stereocenters. The first-order valence-corrected chi connectivity index (χ1v) is 13.1. The van der Waals surface area contributed by atoms with Crippen LogP contribution in [0.25, 0.3) is 11.3 Å². The maximum atomic E-state index is 13.8. The Labute approximate surface area is 240 Å². The Morgan fingerprint density at radius 3 is 2.71 bits per heavy atom. The summed E-state index contributed by atoms with van der Waals surface area (Å²) >= 11 is 6.37. The van der Waals surface area contributed by atoms with Crippen LogP contribution in [-0.2, 0) is 19.0 Å². The second kappa shape index (κ2) is 12.1. The predicted octanol–water partition coefficient (Wildman–Crippen LogP) is 3.37. The van der Waals surface area contributed by atoms with Crippen molar-refractivity contribution in [1.82, 2.24) is 25.0 Å². The van der Waals surface area contributed by atoms with Gasteiger partial charge in [-0.3, -0.25) is 9.59 Å². The number of carbonyl (C=O) groups is 2. The van der Waals surface area contributed by atoms with Gasteiger partial charge in [0.05, 0.1) is 37.1 Å². The van der Waals surface area contributed by atoms with Crippen LogP contribution in [0.1, 0.15) is 22.5 Å². The van der Waals surface area contributed by atoms with E-state index in [2.05, 4.69) is 20.7 Å². The van der Waals surface area contributed by atoms with E-state index in [1.807, 2.05) is 6.08 Å². The molecule has 0 aliphatic carbocycles. The number of carbonyl (C=O) groups excluding carboxylic acids is 2. The van der Waals surface area contributed by atoms with Crippen LogP contribution in [0.4, 0.5) is 10.1 Å². The summed E-state index contributed by atoms with van der Waals surface area (Å²) in [4.78, 5) is 31.3. The van der Waals surface area contributed by atoms with Crippen molar-refractivity contribution < 1.29 is 28.2 Å². The van der Waals surface area contributed by atoms with Gasteiger partial charge in [-0.1, -0.05) is 11.6 Å². The number of ether oxygens (including phenoxy) is 3. The highest BCUT2D eigenvalue weighted by molar-refractivity contribution is 6.30. The number of allylic oxidation sites excluding steroid dienone is 1. The van der Waals surface area contributed by atoms with Crippen molar-refractivity contribution in [2.24, 2.45) is 0 Å². The first-order chi connectivity index (χ1) is 19.8. The van der Waals surface area contributed by atoms with Crippen molar-refractivity contribution in [2.75, 3.05) is 33.2 Å². The normalized spacial score (nSPS) is 18.4. The first kappa shape index (κ1) is 28.3. The second-order valence-corrected chi connectivity index (χ2v) is 9.72. The van der Waals surface area contributed by atoms with Crippen LogP contribution in [0.15, 0.2) is 67.0 Å². The number of nitrogens with zero attached hydrogens (tertiary/aromatic N) is 4. The lowest BCUT2D eigenvalue weighted by Gasteiger charge is -2.29. The first-order valence-electron chi connectivity index (χ1n) is 12.7. The molecule has 1 aromatic carbocycles. The Morgan fingerprint density at radius 2 is 2.05 bits per heavy atom. The van der Waals surface area contributed by atoms with Gasteiger partial charge in [0.2, 0.25) is 5.91 Å². The summed E-state index contributed by atoms with van der Waals surface area (Å²) in [5.41, 5.74) is 2.53. The van der Waals surface area contributed by atoms with E-state index in [0.29, 0.717) is 46.3 Å². The van der Waals surface area contributed by atoms with E-state index in [9.17, 15) is 14.0 Å². The molecule has 214 valence electrons. The lowest BCUT2D eigenvalue weighted by Crippen LogP contribution is -2.44. The molecule has 3 atom stereocenters. The number of fused-ring (bicyclic) bond motifs is 1. The molecule has 0 radical (unpaired) electrons. The fourth-order valence-electron chi connectivity index (χ4n) is 4.61. The molecule has 2 aromatic heterocycles. The van der Waals surface area contributed by atoms with Gasteiger partial charge in [0.25, 0.3) is 5.91 Å². The summed E-state index contributed by atoms with van der Waals surface area (Å²) in [6, 6.07) is 7.60. The molecule has 2 aliphatic heterocycles. The number of rotatable bonds is 10. The number of halogens is 2. The fourth-order valence-corrected chi connectivity index (χ4v) is 4.78. The topological polar surface area (TPSA) is 123 Å². The number of nitrogens with one attached hydrogen (secondary N) is 2. The average molecular weight is 583 g/mol. The van der Waals surface area contributed by atoms with Gasteiger partial charge >= 0.3 is 0 Å². The Balaban J connectivity index is 1.47. The molecule has 1 saturated heterocycles. The van der Waals surface area contributed by atoms with Crippen LogP contribution in [0, 0.1) is 5.82 Å². The van der Waals surface area contributed by atoms with Crippen molar-refractivity contribution in [3.8, 4) is 5.69 Å². The van der Waals surface area contributed by atoms with E-state index >= 15 is 0 Å². The quantitative estimate of drug-likeness (QED) is 0.349. The standard InChI is InChI=1S/C28H28ClFN6O5/c1-31-26(37)21-6-5-18(13-32-21)34-27(38)23(8-9-39-2)35-15-25(40-3)20(11-24-28(35)41-24)19-10-16(29)4-7-22(19)36-14-17(30)12-33-36/h4-7,10-15,23-24,28H,8-9H2,1-3H3,(H,31,37)(H,34,38). The minimum absolute atomic E-state index is 0.229. The maximum absolute atomic E-state index is 13.8. The van der Waals surface area contributed by atoms with E-state index in [4.69, 9.17) is 25.8 Å². The van der Waals surface area contributed by atoms with Gasteiger partial charge < -0.3 is 29.7 Å². The van der Waals surface area contributed by atoms with Gasteiger partial charge in [-0.2, -0.15) is 5.10 Å². The Morgan fingerprint density at radius 1 is 1.22 bits per heavy atom. The molecule has 2 amide bonds. The molecule has 11 nitrogen and oxygen atoms in total. The van der Waals surface area contributed by atoms with Crippen molar-refractivity contribution in [3.63, 3.8) is 0 Å². The lowest BCUT2D eigenvalue weighted by molar-refractivity contribution is -0.121. The minimum atomic E-state index is -0.708. The lowest BCUT2D eigenvalue weighted by atomic mass is 10.0. The molecule has 5 rings (SSSR count). The Bertz CT molecular complexity index is 1510. The molecule has 4 heterocycles. The van der Waals surface area contributed by atoms with Crippen molar-refractivity contribution in [1.29, 1.82) is 0 Å². The number of methoxy groups -OCH3 is 2. The second-order valence-electron chi connectivity index (χ2n) is 9.28. The molecule has 0 bridgehead atoms. The van der Waals surface area contributed by atoms with Crippen LogP contribution >= 0.6 is 11.6 Å². The summed E-state index contributed by atoms with van der Waals surface area (Å²) in [5, 5.41) is 9.96. The van der Waals surface area contributed by atoms with E-state index in [1.165, 1.54) is 37.3 Å². The third-order valence-corrected chi connectivity index (χ3v) is 6.91. The van der Waals surface area contributed by atoms with Gasteiger partial charge in [-0.05, 0) is 36.4 Å². The van der Waals surface area contributed by atoms with Gasteiger partial charge in [0.15, 0.2) is 12.0 Å². The highest BCUT2D eigenvalue weighted by Crippen LogP contribution is 2.41. The SMILES string of the molecule is CNC(=O)c1ccc(NC(=O)C(CCOC)N2C=C(OC)C(c3cc(Cl)ccc3-n3cc(F)cn3)=CC3OC32)cn1. The highest BCUT2D eigenvalue weighted by Gasteiger charge is 2.48. The van der Waals surface area contributed by atoms with E-state index in [0.717, 1.165) is 6.20 Å². The molecule has 1 fully saturated rings. The highest BCUT2D eigenvalue weighted by atomic mass is 35.5. The third-order valence-electron chi connectivity index (χ3n) is 6.67. The number of aromatic nitrogens is 3. The molecular formula is C28H28ClFN6O5. The number of hydrogen-bond donors (Lipinski definition) is 2. The number of epoxide rings is 1. The predicted molar refractivity (Wildman–Crippen MR) is 149 cm³/mol. The zero-order valence-corrected chi connectivity index (χ0v) is 23.3. The molecule has 2 N–H and O–H groups in total. The number of amides is 2. The van der Waals surface area contributed by atoms with Gasteiger partial charge in [-0.25, -0.2) is 14.1 Å². The smallest absolute Gasteiger partial charge is 0.269 e. The zero-order chi connectivity index (χ0) is 29.1. The third kappa shape index (κ3) is 6.09. The van der Waals surface area contributed by atoms with E-state index < -0.39 is 18.1 Å². The number of pyridine rings is 1. The molecule has 0 saturated carbocycles. The monoisotopic (exact) mass is 582 g/mol. The van der Waals surface area contributed by atoms with Gasteiger partial charge in [-0.15, -0.1) is 0 Å². The number of hydrogen-bond acceptors (Lipinski definition) is 8. The molecule has 0 spiro atoms. The summed E-state index contributed by atoms with van der Waals surface area (Å²) in [5.74, 6) is -0.686. The number of anilines is 1. The molecule has 3 aromatic rings. The molecule has 41 heavy (non-hydrogen) atoms. The zero-order valence-electron chi connectivity index (χ0n) is 22.5. The van der Waals surface area contributed by atoms with Crippen molar-refractivity contribution >= 4 is 34.7 Å². The largest absolute Gasteiger partial charge is 0.495 e. The fraction of sp³-hybridized carbons (Fsp3) is 0.286.